The van der Waals surface area contributed by atoms with Crippen LogP contribution in [0, 0.1) is 0 Å². The molecule has 0 unspecified atom stereocenters. The summed E-state index contributed by atoms with van der Waals surface area (Å²) in [6.45, 7) is 6.18. The number of hydrogen-bond acceptors (Lipinski definition) is 4. The fourth-order valence-corrected chi connectivity index (χ4v) is 1.41. The summed E-state index contributed by atoms with van der Waals surface area (Å²) in [5, 5.41) is 0. The maximum absolute atomic E-state index is 11.5. The van der Waals surface area contributed by atoms with Gasteiger partial charge in [0.15, 0.2) is 0 Å². The first-order valence-corrected chi connectivity index (χ1v) is 5.00. The summed E-state index contributed by atoms with van der Waals surface area (Å²) in [6, 6.07) is -0.642. The molecule has 0 aromatic heterocycles. The van der Waals surface area contributed by atoms with Crippen LogP contribution in [-0.4, -0.2) is 30.3 Å². The normalized spacial score (nSPS) is 24.7. The van der Waals surface area contributed by atoms with Crippen molar-refractivity contribution in [3.8, 4) is 0 Å². The Balaban J connectivity index is 2.43. The van der Waals surface area contributed by atoms with Gasteiger partial charge in [0.05, 0.1) is 6.10 Å². The van der Waals surface area contributed by atoms with Crippen molar-refractivity contribution in [3.63, 3.8) is 0 Å². The van der Waals surface area contributed by atoms with Crippen LogP contribution >= 0.6 is 0 Å². The van der Waals surface area contributed by atoms with E-state index < -0.39 is 11.6 Å². The molecule has 1 saturated heterocycles. The van der Waals surface area contributed by atoms with E-state index in [1.54, 1.807) is 0 Å². The van der Waals surface area contributed by atoms with E-state index in [1.807, 2.05) is 20.8 Å². The van der Waals surface area contributed by atoms with Crippen molar-refractivity contribution in [1.29, 1.82) is 0 Å². The van der Waals surface area contributed by atoms with Crippen molar-refractivity contribution in [3.05, 3.63) is 0 Å². The molecule has 1 aliphatic rings. The number of nitrogens with two attached hydrogens (primary N) is 1. The van der Waals surface area contributed by atoms with Crippen LogP contribution in [0.2, 0.25) is 0 Å². The van der Waals surface area contributed by atoms with Gasteiger partial charge in [-0.1, -0.05) is 0 Å². The lowest BCUT2D eigenvalue weighted by Crippen LogP contribution is -2.45. The van der Waals surface area contributed by atoms with Crippen molar-refractivity contribution in [2.75, 3.05) is 6.61 Å². The Morgan fingerprint density at radius 3 is 2.64 bits per heavy atom. The Hall–Kier alpha value is -0.610. The minimum absolute atomic E-state index is 0.162. The van der Waals surface area contributed by atoms with Crippen molar-refractivity contribution in [2.45, 2.75) is 51.4 Å². The monoisotopic (exact) mass is 201 g/mol. The van der Waals surface area contributed by atoms with Crippen LogP contribution in [0.3, 0.4) is 0 Å². The predicted octanol–water partition coefficient (Wildman–Crippen LogP) is 0.834. The molecule has 82 valence electrons. The summed E-state index contributed by atoms with van der Waals surface area (Å²) in [7, 11) is 0. The molecular weight excluding hydrogens is 182 g/mol. The van der Waals surface area contributed by atoms with Crippen LogP contribution in [0.5, 0.6) is 0 Å². The van der Waals surface area contributed by atoms with E-state index in [0.717, 1.165) is 12.8 Å². The van der Waals surface area contributed by atoms with Gasteiger partial charge >= 0.3 is 5.97 Å². The van der Waals surface area contributed by atoms with Gasteiger partial charge in [-0.25, -0.2) is 0 Å². The van der Waals surface area contributed by atoms with Crippen LogP contribution in [-0.2, 0) is 14.3 Å². The van der Waals surface area contributed by atoms with E-state index in [1.165, 1.54) is 0 Å². The highest BCUT2D eigenvalue weighted by atomic mass is 16.6. The van der Waals surface area contributed by atoms with Crippen molar-refractivity contribution >= 4 is 5.97 Å². The number of rotatable bonds is 2. The number of esters is 1. The van der Waals surface area contributed by atoms with Gasteiger partial charge in [-0.2, -0.15) is 0 Å². The molecule has 0 aromatic carbocycles. The minimum atomic E-state index is -0.642. The fourth-order valence-electron chi connectivity index (χ4n) is 1.41. The molecule has 4 nitrogen and oxygen atoms in total. The molecule has 0 saturated carbocycles. The second kappa shape index (κ2) is 4.28. The average molecular weight is 201 g/mol. The molecular formula is C10H19NO3. The van der Waals surface area contributed by atoms with E-state index in [4.69, 9.17) is 15.2 Å². The Morgan fingerprint density at radius 2 is 2.21 bits per heavy atom. The van der Waals surface area contributed by atoms with Gasteiger partial charge in [0, 0.05) is 6.61 Å². The highest BCUT2D eigenvalue weighted by molar-refractivity contribution is 5.76. The summed E-state index contributed by atoms with van der Waals surface area (Å²) in [5.74, 6) is -0.371. The first-order valence-electron chi connectivity index (χ1n) is 5.00. The van der Waals surface area contributed by atoms with Crippen LogP contribution in [0.25, 0.3) is 0 Å². The second-order valence-electron chi connectivity index (χ2n) is 4.61. The molecule has 2 N–H and O–H groups in total. The van der Waals surface area contributed by atoms with Crippen molar-refractivity contribution in [1.82, 2.24) is 0 Å². The summed E-state index contributed by atoms with van der Waals surface area (Å²) >= 11 is 0. The standard InChI is InChI=1S/C10H19NO3/c1-10(2,3)14-9(12)8(11)7-5-4-6-13-7/h7-8H,4-6,11H2,1-3H3/t7-,8+/m1/s1. The molecule has 0 spiro atoms. The Labute approximate surface area is 84.7 Å². The quantitative estimate of drug-likeness (QED) is 0.672. The number of carbonyl (C=O) groups excluding carboxylic acids is 1. The Kier molecular flexibility index (Phi) is 3.50. The zero-order valence-corrected chi connectivity index (χ0v) is 9.08. The van der Waals surface area contributed by atoms with Crippen molar-refractivity contribution in [2.24, 2.45) is 5.73 Å². The second-order valence-corrected chi connectivity index (χ2v) is 4.61. The largest absolute Gasteiger partial charge is 0.459 e. The van der Waals surface area contributed by atoms with E-state index in [2.05, 4.69) is 0 Å². The zero-order chi connectivity index (χ0) is 10.8. The van der Waals surface area contributed by atoms with Crippen LogP contribution in [0.4, 0.5) is 0 Å². The zero-order valence-electron chi connectivity index (χ0n) is 9.08. The first-order chi connectivity index (χ1) is 6.40. The number of carbonyl (C=O) groups is 1. The lowest BCUT2D eigenvalue weighted by atomic mass is 10.1. The van der Waals surface area contributed by atoms with E-state index in [-0.39, 0.29) is 12.1 Å². The molecule has 1 aliphatic heterocycles. The molecule has 1 rings (SSSR count). The van der Waals surface area contributed by atoms with E-state index in [9.17, 15) is 4.79 Å². The lowest BCUT2D eigenvalue weighted by Gasteiger charge is -2.24. The molecule has 0 amide bonds. The Morgan fingerprint density at radius 1 is 1.57 bits per heavy atom. The maximum atomic E-state index is 11.5. The highest BCUT2D eigenvalue weighted by Gasteiger charge is 2.31. The molecule has 0 radical (unpaired) electrons. The third kappa shape index (κ3) is 3.27. The van der Waals surface area contributed by atoms with Gasteiger partial charge in [-0.3, -0.25) is 4.79 Å². The maximum Gasteiger partial charge on any atom is 0.326 e. The van der Waals surface area contributed by atoms with Crippen LogP contribution < -0.4 is 5.73 Å². The van der Waals surface area contributed by atoms with Gasteiger partial charge < -0.3 is 15.2 Å². The van der Waals surface area contributed by atoms with Gasteiger partial charge in [-0.15, -0.1) is 0 Å². The van der Waals surface area contributed by atoms with Crippen LogP contribution in [0.15, 0.2) is 0 Å². The molecule has 14 heavy (non-hydrogen) atoms. The smallest absolute Gasteiger partial charge is 0.326 e. The summed E-state index contributed by atoms with van der Waals surface area (Å²) in [4.78, 5) is 11.5. The lowest BCUT2D eigenvalue weighted by molar-refractivity contribution is -0.159. The fraction of sp³-hybridized carbons (Fsp3) is 0.900. The molecule has 0 bridgehead atoms. The van der Waals surface area contributed by atoms with Gasteiger partial charge in [0.2, 0.25) is 0 Å². The van der Waals surface area contributed by atoms with E-state index >= 15 is 0 Å². The third-order valence-electron chi connectivity index (χ3n) is 2.04. The van der Waals surface area contributed by atoms with Gasteiger partial charge in [0.1, 0.15) is 11.6 Å². The summed E-state index contributed by atoms with van der Waals surface area (Å²) in [6.07, 6.45) is 1.66. The molecule has 2 atom stereocenters. The predicted molar refractivity (Wildman–Crippen MR) is 52.8 cm³/mol. The van der Waals surface area contributed by atoms with Gasteiger partial charge in [-0.05, 0) is 33.6 Å². The Bertz CT molecular complexity index is 204. The van der Waals surface area contributed by atoms with Gasteiger partial charge in [0.25, 0.3) is 0 Å². The molecule has 0 aromatic rings. The number of hydrogen-bond donors (Lipinski definition) is 1. The third-order valence-corrected chi connectivity index (χ3v) is 2.04. The first kappa shape index (κ1) is 11.5. The highest BCUT2D eigenvalue weighted by Crippen LogP contribution is 2.17. The summed E-state index contributed by atoms with van der Waals surface area (Å²) < 4.78 is 10.5. The minimum Gasteiger partial charge on any atom is -0.459 e. The average Bonchev–Trinajstić information content (AvgIpc) is 2.51. The van der Waals surface area contributed by atoms with E-state index in [0.29, 0.717) is 6.61 Å². The molecule has 4 heteroatoms. The molecule has 1 fully saturated rings. The number of ether oxygens (including phenoxy) is 2. The topological polar surface area (TPSA) is 61.5 Å². The summed E-state index contributed by atoms with van der Waals surface area (Å²) in [5.41, 5.74) is 5.25. The molecule has 0 aliphatic carbocycles. The van der Waals surface area contributed by atoms with Crippen LogP contribution in [0.1, 0.15) is 33.6 Å². The SMILES string of the molecule is CC(C)(C)OC(=O)[C@@H](N)[C@H]1CCCO1. The molecule has 1 heterocycles. The van der Waals surface area contributed by atoms with Crippen molar-refractivity contribution < 1.29 is 14.3 Å².